The summed E-state index contributed by atoms with van der Waals surface area (Å²) in [5.74, 6) is -0.885. The van der Waals surface area contributed by atoms with Crippen molar-refractivity contribution in [1.82, 2.24) is 15.0 Å². The number of carboxylic acid groups (broad SMARTS) is 1. The molecule has 0 aliphatic rings. The monoisotopic (exact) mass is 487 g/mol. The van der Waals surface area contributed by atoms with Crippen molar-refractivity contribution in [2.24, 2.45) is 0 Å². The Hall–Kier alpha value is -3.81. The molecule has 168 valence electrons. The fourth-order valence-electron chi connectivity index (χ4n) is 3.99. The number of rotatable bonds is 5. The van der Waals surface area contributed by atoms with Gasteiger partial charge in [0.1, 0.15) is 5.01 Å². The van der Waals surface area contributed by atoms with E-state index in [0.29, 0.717) is 5.02 Å². The van der Waals surface area contributed by atoms with Crippen LogP contribution in [-0.4, -0.2) is 26.0 Å². The fourth-order valence-corrected chi connectivity index (χ4v) is 5.25. The molecule has 2 N–H and O–H groups in total. The maximum atomic E-state index is 11.7. The number of aromatic amines is 1. The van der Waals surface area contributed by atoms with Crippen LogP contribution in [0.25, 0.3) is 43.0 Å². The van der Waals surface area contributed by atoms with E-state index >= 15 is 0 Å². The zero-order valence-electron chi connectivity index (χ0n) is 18.0. The standard InChI is InChI=1S/C26H18ClN3O3S/c1-14-9-21-24(23(20(14)11-22(31)32)15-5-7-19(27)8-6-15)34-25(30-21)17-4-2-3-16(10-17)18-12-28-26(33)29-13-18/h2-10,12-13H,11H2,1H3,(H,31,32)(H,28,29,33). The first kappa shape index (κ1) is 22.0. The lowest BCUT2D eigenvalue weighted by atomic mass is 9.93. The van der Waals surface area contributed by atoms with Crippen molar-refractivity contribution in [2.45, 2.75) is 13.3 Å². The highest BCUT2D eigenvalue weighted by atomic mass is 35.5. The van der Waals surface area contributed by atoms with E-state index in [1.54, 1.807) is 18.3 Å². The third-order valence-corrected chi connectivity index (χ3v) is 6.98. The van der Waals surface area contributed by atoms with Crippen LogP contribution in [0.3, 0.4) is 0 Å². The summed E-state index contributed by atoms with van der Waals surface area (Å²) < 4.78 is 0.926. The molecule has 2 heterocycles. The minimum Gasteiger partial charge on any atom is -0.481 e. The molecule has 0 fully saturated rings. The van der Waals surface area contributed by atoms with Gasteiger partial charge in [-0.05, 0) is 53.4 Å². The molecule has 3 aromatic carbocycles. The molecule has 6 nitrogen and oxygen atoms in total. The number of H-pyrrole nitrogens is 1. The first-order valence-electron chi connectivity index (χ1n) is 10.5. The normalized spacial score (nSPS) is 11.1. The van der Waals surface area contributed by atoms with Crippen molar-refractivity contribution in [3.63, 3.8) is 0 Å². The van der Waals surface area contributed by atoms with E-state index in [1.807, 2.05) is 49.4 Å². The molecule has 0 saturated heterocycles. The fraction of sp³-hybridized carbons (Fsp3) is 0.0769. The van der Waals surface area contributed by atoms with E-state index in [2.05, 4.69) is 9.97 Å². The Kier molecular flexibility index (Phi) is 5.73. The van der Waals surface area contributed by atoms with Gasteiger partial charge in [-0.15, -0.1) is 11.3 Å². The second-order valence-corrected chi connectivity index (χ2v) is 9.32. The maximum Gasteiger partial charge on any atom is 0.344 e. The molecule has 0 spiro atoms. The summed E-state index contributed by atoms with van der Waals surface area (Å²) in [6.45, 7) is 1.92. The topological polar surface area (TPSA) is 95.9 Å². The molecule has 0 aliphatic heterocycles. The number of halogens is 1. The molecule has 0 atom stereocenters. The van der Waals surface area contributed by atoms with E-state index in [-0.39, 0.29) is 6.42 Å². The third-order valence-electron chi connectivity index (χ3n) is 5.59. The Morgan fingerprint density at radius 3 is 2.53 bits per heavy atom. The number of aromatic nitrogens is 3. The van der Waals surface area contributed by atoms with Gasteiger partial charge in [-0.3, -0.25) is 4.79 Å². The first-order valence-corrected chi connectivity index (χ1v) is 11.6. The van der Waals surface area contributed by atoms with Crippen LogP contribution >= 0.6 is 22.9 Å². The number of thiazole rings is 1. The number of carbonyl (C=O) groups is 1. The van der Waals surface area contributed by atoms with E-state index < -0.39 is 11.7 Å². The quantitative estimate of drug-likeness (QED) is 0.318. The van der Waals surface area contributed by atoms with Gasteiger partial charge in [0, 0.05) is 34.1 Å². The molecule has 0 radical (unpaired) electrons. The summed E-state index contributed by atoms with van der Waals surface area (Å²) in [6, 6.07) is 17.2. The number of carboxylic acids is 1. The van der Waals surface area contributed by atoms with Crippen LogP contribution in [0.5, 0.6) is 0 Å². The molecule has 0 saturated carbocycles. The molecule has 5 aromatic rings. The third kappa shape index (κ3) is 4.23. The van der Waals surface area contributed by atoms with Crippen molar-refractivity contribution in [3.8, 4) is 32.8 Å². The Labute approximate surface area is 203 Å². The molecular weight excluding hydrogens is 470 g/mol. The maximum absolute atomic E-state index is 11.7. The summed E-state index contributed by atoms with van der Waals surface area (Å²) in [5, 5.41) is 11.0. The number of nitrogens with one attached hydrogen (secondary N) is 1. The highest BCUT2D eigenvalue weighted by Gasteiger charge is 2.19. The largest absolute Gasteiger partial charge is 0.481 e. The van der Waals surface area contributed by atoms with Crippen LogP contribution in [0.1, 0.15) is 11.1 Å². The summed E-state index contributed by atoms with van der Waals surface area (Å²) in [6.07, 6.45) is 3.09. The number of benzene rings is 3. The smallest absolute Gasteiger partial charge is 0.344 e. The van der Waals surface area contributed by atoms with Crippen molar-refractivity contribution >= 4 is 39.1 Å². The van der Waals surface area contributed by atoms with Gasteiger partial charge in [0.05, 0.1) is 16.6 Å². The predicted molar refractivity (Wildman–Crippen MR) is 135 cm³/mol. The van der Waals surface area contributed by atoms with Crippen LogP contribution in [0.2, 0.25) is 5.02 Å². The van der Waals surface area contributed by atoms with Crippen molar-refractivity contribution in [2.75, 3.05) is 0 Å². The number of aryl methyl sites for hydroxylation is 1. The van der Waals surface area contributed by atoms with Gasteiger partial charge in [-0.25, -0.2) is 14.8 Å². The van der Waals surface area contributed by atoms with Gasteiger partial charge in [-0.1, -0.05) is 41.9 Å². The van der Waals surface area contributed by atoms with E-state index in [4.69, 9.17) is 16.6 Å². The minimum atomic E-state index is -0.885. The summed E-state index contributed by atoms with van der Waals surface area (Å²) >= 11 is 7.62. The number of hydrogen-bond acceptors (Lipinski definition) is 5. The summed E-state index contributed by atoms with van der Waals surface area (Å²) in [7, 11) is 0. The van der Waals surface area contributed by atoms with Crippen LogP contribution in [0.15, 0.2) is 71.8 Å². The molecular formula is C26H18ClN3O3S. The van der Waals surface area contributed by atoms with Gasteiger partial charge >= 0.3 is 11.7 Å². The SMILES string of the molecule is Cc1cc2nc(-c3cccc(-c4cnc(=O)[nH]c4)c3)sc2c(-c2ccc(Cl)cc2)c1CC(=O)O. The minimum absolute atomic E-state index is 0.0817. The average Bonchev–Trinajstić information content (AvgIpc) is 3.24. The highest BCUT2D eigenvalue weighted by molar-refractivity contribution is 7.22. The summed E-state index contributed by atoms with van der Waals surface area (Å²) in [4.78, 5) is 34.3. The first-order chi connectivity index (χ1) is 16.4. The zero-order valence-corrected chi connectivity index (χ0v) is 19.6. The Morgan fingerprint density at radius 1 is 1.06 bits per heavy atom. The molecule has 0 aliphatic carbocycles. The van der Waals surface area contributed by atoms with E-state index in [9.17, 15) is 14.7 Å². The molecule has 0 bridgehead atoms. The van der Waals surface area contributed by atoms with Gasteiger partial charge in [0.15, 0.2) is 0 Å². The van der Waals surface area contributed by atoms with E-state index in [1.165, 1.54) is 17.5 Å². The van der Waals surface area contributed by atoms with Crippen molar-refractivity contribution in [3.05, 3.63) is 93.6 Å². The second-order valence-electron chi connectivity index (χ2n) is 7.88. The molecule has 0 amide bonds. The predicted octanol–water partition coefficient (Wildman–Crippen LogP) is 5.97. The number of aliphatic carboxylic acids is 1. The van der Waals surface area contributed by atoms with Crippen molar-refractivity contribution in [1.29, 1.82) is 0 Å². The molecule has 0 unspecified atom stereocenters. The number of nitrogens with zero attached hydrogens (tertiary/aromatic N) is 2. The number of hydrogen-bond donors (Lipinski definition) is 2. The molecule has 2 aromatic heterocycles. The molecule has 8 heteroatoms. The number of fused-ring (bicyclic) bond motifs is 1. The van der Waals surface area contributed by atoms with Crippen LogP contribution < -0.4 is 5.69 Å². The highest BCUT2D eigenvalue weighted by Crippen LogP contribution is 2.41. The summed E-state index contributed by atoms with van der Waals surface area (Å²) in [5.41, 5.74) is 6.46. The van der Waals surface area contributed by atoms with Gasteiger partial charge in [-0.2, -0.15) is 0 Å². The van der Waals surface area contributed by atoms with Gasteiger partial charge in [0.25, 0.3) is 0 Å². The van der Waals surface area contributed by atoms with Crippen LogP contribution in [-0.2, 0) is 11.2 Å². The second kappa shape index (κ2) is 8.85. The van der Waals surface area contributed by atoms with Crippen LogP contribution in [0.4, 0.5) is 0 Å². The molecule has 34 heavy (non-hydrogen) atoms. The Morgan fingerprint density at radius 2 is 1.82 bits per heavy atom. The lowest BCUT2D eigenvalue weighted by Gasteiger charge is -2.13. The van der Waals surface area contributed by atoms with E-state index in [0.717, 1.165) is 54.2 Å². The van der Waals surface area contributed by atoms with Crippen LogP contribution in [0, 0.1) is 6.92 Å². The Balaban J connectivity index is 1.69. The lowest BCUT2D eigenvalue weighted by molar-refractivity contribution is -0.136. The molecule has 5 rings (SSSR count). The zero-order chi connectivity index (χ0) is 23.8. The van der Waals surface area contributed by atoms with Crippen molar-refractivity contribution < 1.29 is 9.90 Å². The average molecular weight is 488 g/mol. The van der Waals surface area contributed by atoms with Gasteiger partial charge < -0.3 is 10.1 Å². The van der Waals surface area contributed by atoms with Gasteiger partial charge in [0.2, 0.25) is 0 Å². The lowest BCUT2D eigenvalue weighted by Crippen LogP contribution is -2.07. The Bertz CT molecular complexity index is 1590.